The summed E-state index contributed by atoms with van der Waals surface area (Å²) < 4.78 is 29.5. The van der Waals surface area contributed by atoms with E-state index in [1.54, 1.807) is 19.9 Å². The Morgan fingerprint density at radius 3 is 2.42 bits per heavy atom. The van der Waals surface area contributed by atoms with Gasteiger partial charge in [-0.2, -0.15) is 0 Å². The van der Waals surface area contributed by atoms with Crippen LogP contribution < -0.4 is 5.30 Å². The number of nitrogens with zero attached hydrogens (tertiary/aromatic N) is 1. The molecule has 6 heteroatoms. The number of hydrogen-bond acceptors (Lipinski definition) is 5. The van der Waals surface area contributed by atoms with E-state index in [0.717, 1.165) is 22.2 Å². The van der Waals surface area contributed by atoms with E-state index < -0.39 is 7.60 Å². The first kappa shape index (κ1) is 16.9. The second-order valence-electron chi connectivity index (χ2n) is 5.32. The molecule has 1 aromatic heterocycles. The summed E-state index contributed by atoms with van der Waals surface area (Å²) in [6.07, 6.45) is 0. The highest BCUT2D eigenvalue weighted by Crippen LogP contribution is 2.47. The molecule has 0 saturated heterocycles. The lowest BCUT2D eigenvalue weighted by Gasteiger charge is -2.18. The van der Waals surface area contributed by atoms with Crippen molar-refractivity contribution in [1.29, 1.82) is 0 Å². The Balaban J connectivity index is 2.01. The van der Waals surface area contributed by atoms with Gasteiger partial charge in [-0.05, 0) is 56.7 Å². The first-order chi connectivity index (χ1) is 11.6. The Hall–Kier alpha value is -1.94. The van der Waals surface area contributed by atoms with E-state index in [9.17, 15) is 4.57 Å². The fourth-order valence-electron chi connectivity index (χ4n) is 2.57. The number of oxazole rings is 1. The molecule has 5 nitrogen and oxygen atoms in total. The minimum Gasteiger partial charge on any atom is -0.436 e. The molecule has 0 atom stereocenters. The van der Waals surface area contributed by atoms with Crippen LogP contribution in [-0.4, -0.2) is 18.2 Å². The third-order valence-corrected chi connectivity index (χ3v) is 5.76. The van der Waals surface area contributed by atoms with Crippen molar-refractivity contribution in [2.45, 2.75) is 20.8 Å². The fourth-order valence-corrected chi connectivity index (χ4v) is 4.23. The highest BCUT2D eigenvalue weighted by atomic mass is 31.2. The summed E-state index contributed by atoms with van der Waals surface area (Å²) in [6, 6.07) is 13.0. The van der Waals surface area contributed by atoms with E-state index in [1.165, 1.54) is 0 Å². The van der Waals surface area contributed by atoms with Crippen LogP contribution in [0, 0.1) is 6.92 Å². The van der Waals surface area contributed by atoms with Crippen LogP contribution in [0.15, 0.2) is 46.9 Å². The highest BCUT2D eigenvalue weighted by molar-refractivity contribution is 7.62. The van der Waals surface area contributed by atoms with Gasteiger partial charge in [-0.15, -0.1) is 0 Å². The maximum Gasteiger partial charge on any atom is 0.361 e. The van der Waals surface area contributed by atoms with Gasteiger partial charge in [-0.25, -0.2) is 4.98 Å². The van der Waals surface area contributed by atoms with Crippen molar-refractivity contribution in [2.75, 3.05) is 13.2 Å². The van der Waals surface area contributed by atoms with Crippen molar-refractivity contribution < 1.29 is 18.0 Å². The summed E-state index contributed by atoms with van der Waals surface area (Å²) in [5, 5.41) is 0.545. The Morgan fingerprint density at radius 2 is 1.79 bits per heavy atom. The molecule has 0 bridgehead atoms. The van der Waals surface area contributed by atoms with Crippen LogP contribution in [0.25, 0.3) is 22.6 Å². The van der Waals surface area contributed by atoms with E-state index in [0.29, 0.717) is 24.4 Å². The topological polar surface area (TPSA) is 61.6 Å². The van der Waals surface area contributed by atoms with Gasteiger partial charge in [0.15, 0.2) is 5.58 Å². The Labute approximate surface area is 141 Å². The number of aryl methyl sites for hydroxylation is 1. The van der Waals surface area contributed by atoms with Crippen LogP contribution in [0.1, 0.15) is 19.4 Å². The van der Waals surface area contributed by atoms with E-state index in [-0.39, 0.29) is 0 Å². The van der Waals surface area contributed by atoms with Crippen LogP contribution in [-0.2, 0) is 13.6 Å². The normalized spacial score (nSPS) is 12.0. The molecule has 3 aromatic rings. The van der Waals surface area contributed by atoms with Crippen LogP contribution in [0.4, 0.5) is 0 Å². The molecule has 0 saturated carbocycles. The molecule has 2 aromatic carbocycles. The van der Waals surface area contributed by atoms with Gasteiger partial charge >= 0.3 is 7.60 Å². The molecule has 1 heterocycles. The van der Waals surface area contributed by atoms with E-state index in [1.807, 2.05) is 43.3 Å². The summed E-state index contributed by atoms with van der Waals surface area (Å²) in [5.41, 5.74) is 3.31. The maximum atomic E-state index is 12.9. The van der Waals surface area contributed by atoms with E-state index in [2.05, 4.69) is 4.98 Å². The minimum absolute atomic E-state index is 0.323. The van der Waals surface area contributed by atoms with Crippen molar-refractivity contribution >= 4 is 24.0 Å². The van der Waals surface area contributed by atoms with Gasteiger partial charge in [-0.1, -0.05) is 12.1 Å². The van der Waals surface area contributed by atoms with Crippen LogP contribution >= 0.6 is 7.60 Å². The molecule has 3 rings (SSSR count). The van der Waals surface area contributed by atoms with Gasteiger partial charge in [0, 0.05) is 5.56 Å². The largest absolute Gasteiger partial charge is 0.436 e. The molecule has 0 N–H and O–H groups in total. The third kappa shape index (κ3) is 3.16. The third-order valence-electron chi connectivity index (χ3n) is 3.65. The molecule has 24 heavy (non-hydrogen) atoms. The summed E-state index contributed by atoms with van der Waals surface area (Å²) in [5.74, 6) is 0.544. The van der Waals surface area contributed by atoms with Crippen LogP contribution in [0.3, 0.4) is 0 Å². The fraction of sp³-hybridized carbons (Fsp3) is 0.278. The molecule has 0 amide bonds. The van der Waals surface area contributed by atoms with Gasteiger partial charge in [-0.3, -0.25) is 4.57 Å². The van der Waals surface area contributed by atoms with Crippen molar-refractivity contribution in [1.82, 2.24) is 4.98 Å². The number of benzene rings is 2. The van der Waals surface area contributed by atoms with Gasteiger partial charge in [0.05, 0.1) is 18.5 Å². The molecule has 0 spiro atoms. The standard InChI is InChI=1S/C18H20NO4P/c1-4-21-24(20,22-5-2)14-10-11-15(13(3)12-14)18-19-16-8-6-7-9-17(16)23-18/h6-12H,4-5H2,1-3H3. The first-order valence-electron chi connectivity index (χ1n) is 7.93. The summed E-state index contributed by atoms with van der Waals surface area (Å²) in [7, 11) is -3.29. The lowest BCUT2D eigenvalue weighted by Crippen LogP contribution is -2.11. The van der Waals surface area contributed by atoms with E-state index in [4.69, 9.17) is 13.5 Å². The molecule has 0 unspecified atom stereocenters. The molecular formula is C18H20NO4P. The Bertz CT molecular complexity index is 860. The Morgan fingerprint density at radius 1 is 1.08 bits per heavy atom. The number of hydrogen-bond donors (Lipinski definition) is 0. The SMILES string of the molecule is CCOP(=O)(OCC)c1ccc(-c2nc3ccccc3o2)c(C)c1. The van der Waals surface area contributed by atoms with Crippen molar-refractivity contribution in [3.63, 3.8) is 0 Å². The van der Waals surface area contributed by atoms with Gasteiger partial charge in [0.25, 0.3) is 0 Å². The molecule has 0 fully saturated rings. The second-order valence-corrected chi connectivity index (χ2v) is 7.35. The smallest absolute Gasteiger partial charge is 0.361 e. The Kier molecular flexibility index (Phi) is 4.86. The lowest BCUT2D eigenvalue weighted by molar-refractivity contribution is 0.230. The molecule has 0 aliphatic rings. The van der Waals surface area contributed by atoms with Crippen molar-refractivity contribution in [3.8, 4) is 11.5 Å². The summed E-state index contributed by atoms with van der Waals surface area (Å²) >= 11 is 0. The monoisotopic (exact) mass is 345 g/mol. The van der Waals surface area contributed by atoms with Gasteiger partial charge in [0.2, 0.25) is 5.89 Å². The first-order valence-corrected chi connectivity index (χ1v) is 9.48. The number of rotatable bonds is 6. The zero-order valence-corrected chi connectivity index (χ0v) is 14.9. The minimum atomic E-state index is -3.29. The summed E-state index contributed by atoms with van der Waals surface area (Å²) in [4.78, 5) is 4.51. The van der Waals surface area contributed by atoms with Gasteiger partial charge in [0.1, 0.15) is 5.52 Å². The van der Waals surface area contributed by atoms with Crippen LogP contribution in [0.5, 0.6) is 0 Å². The highest BCUT2D eigenvalue weighted by Gasteiger charge is 2.27. The molecule has 0 aliphatic heterocycles. The van der Waals surface area contributed by atoms with E-state index >= 15 is 0 Å². The molecular weight excluding hydrogens is 325 g/mol. The quantitative estimate of drug-likeness (QED) is 0.606. The van der Waals surface area contributed by atoms with Crippen molar-refractivity contribution in [3.05, 3.63) is 48.0 Å². The number of aromatic nitrogens is 1. The lowest BCUT2D eigenvalue weighted by atomic mass is 10.1. The number of fused-ring (bicyclic) bond motifs is 1. The van der Waals surface area contributed by atoms with Crippen molar-refractivity contribution in [2.24, 2.45) is 0 Å². The molecule has 126 valence electrons. The average Bonchev–Trinajstić information content (AvgIpc) is 2.99. The summed E-state index contributed by atoms with van der Waals surface area (Å²) in [6.45, 7) is 6.17. The molecule has 0 aliphatic carbocycles. The van der Waals surface area contributed by atoms with Crippen LogP contribution in [0.2, 0.25) is 0 Å². The average molecular weight is 345 g/mol. The predicted octanol–water partition coefficient (Wildman–Crippen LogP) is 4.69. The maximum absolute atomic E-state index is 12.9. The zero-order chi connectivity index (χ0) is 17.2. The molecule has 0 radical (unpaired) electrons. The van der Waals surface area contributed by atoms with Gasteiger partial charge < -0.3 is 13.5 Å². The second kappa shape index (κ2) is 6.89. The predicted molar refractivity (Wildman–Crippen MR) is 94.7 cm³/mol. The number of para-hydroxylation sites is 2. The zero-order valence-electron chi connectivity index (χ0n) is 14.0.